The molecule has 1 aliphatic rings. The predicted molar refractivity (Wildman–Crippen MR) is 105 cm³/mol. The summed E-state index contributed by atoms with van der Waals surface area (Å²) >= 11 is 0. The van der Waals surface area contributed by atoms with E-state index in [1.165, 1.54) is 0 Å². The van der Waals surface area contributed by atoms with Crippen LogP contribution in [0.2, 0.25) is 0 Å². The summed E-state index contributed by atoms with van der Waals surface area (Å²) in [6.07, 6.45) is 2.67. The molecule has 2 heterocycles. The fourth-order valence-electron chi connectivity index (χ4n) is 3.21. The maximum absolute atomic E-state index is 12.4. The number of pyridine rings is 1. The first kappa shape index (κ1) is 19.7. The van der Waals surface area contributed by atoms with Crippen molar-refractivity contribution in [1.82, 2.24) is 15.2 Å². The minimum atomic E-state index is -0.295. The highest BCUT2D eigenvalue weighted by Crippen LogP contribution is 2.27. The fraction of sp³-hybridized carbons (Fsp3) is 0.381. The summed E-state index contributed by atoms with van der Waals surface area (Å²) in [6.45, 7) is 1.95. The summed E-state index contributed by atoms with van der Waals surface area (Å²) in [5.74, 6) is 0.911. The van der Waals surface area contributed by atoms with Gasteiger partial charge in [0.15, 0.2) is 11.5 Å². The van der Waals surface area contributed by atoms with Gasteiger partial charge >= 0.3 is 0 Å². The number of methoxy groups -OCH3 is 2. The Morgan fingerprint density at radius 1 is 1.04 bits per heavy atom. The van der Waals surface area contributed by atoms with Crippen molar-refractivity contribution in [2.75, 3.05) is 33.9 Å². The molecule has 0 spiro atoms. The lowest BCUT2D eigenvalue weighted by atomic mass is 10.1. The third-order valence-electron chi connectivity index (χ3n) is 4.74. The molecule has 2 aromatic rings. The molecule has 3 rings (SSSR count). The van der Waals surface area contributed by atoms with Crippen molar-refractivity contribution in [3.63, 3.8) is 0 Å². The average molecular weight is 383 g/mol. The number of nitrogens with zero attached hydrogens (tertiary/aromatic N) is 2. The average Bonchev–Trinajstić information content (AvgIpc) is 3.28. The van der Waals surface area contributed by atoms with Gasteiger partial charge in [-0.15, -0.1) is 0 Å². The van der Waals surface area contributed by atoms with E-state index < -0.39 is 0 Å². The normalized spacial score (nSPS) is 13.3. The molecule has 0 atom stereocenters. The molecule has 1 aromatic carbocycles. The van der Waals surface area contributed by atoms with E-state index >= 15 is 0 Å². The van der Waals surface area contributed by atoms with Crippen molar-refractivity contribution >= 4 is 11.8 Å². The Morgan fingerprint density at radius 3 is 2.46 bits per heavy atom. The van der Waals surface area contributed by atoms with E-state index in [-0.39, 0.29) is 17.5 Å². The van der Waals surface area contributed by atoms with Gasteiger partial charge in [0.1, 0.15) is 11.4 Å². The van der Waals surface area contributed by atoms with Crippen molar-refractivity contribution in [2.24, 2.45) is 0 Å². The molecule has 1 aromatic heterocycles. The first-order chi connectivity index (χ1) is 13.6. The lowest BCUT2D eigenvalue weighted by Gasteiger charge is -2.14. The third kappa shape index (κ3) is 4.60. The molecular weight excluding hydrogens is 358 g/mol. The second-order valence-electron chi connectivity index (χ2n) is 6.60. The number of amides is 2. The highest BCUT2D eigenvalue weighted by Gasteiger charge is 2.21. The summed E-state index contributed by atoms with van der Waals surface area (Å²) in [5, 5.41) is 2.85. The molecule has 0 aliphatic carbocycles. The van der Waals surface area contributed by atoms with Gasteiger partial charge in [0.05, 0.1) is 14.2 Å². The number of rotatable bonds is 7. The van der Waals surface area contributed by atoms with Crippen LogP contribution in [0.4, 0.5) is 0 Å². The van der Waals surface area contributed by atoms with Crippen LogP contribution in [0.1, 0.15) is 39.4 Å². The van der Waals surface area contributed by atoms with Gasteiger partial charge in [-0.3, -0.25) is 9.59 Å². The Kier molecular flexibility index (Phi) is 6.47. The monoisotopic (exact) mass is 383 g/mol. The number of carbonyl (C=O) groups excluding carboxylic acids is 2. The van der Waals surface area contributed by atoms with Crippen LogP contribution in [0, 0.1) is 0 Å². The minimum Gasteiger partial charge on any atom is -0.493 e. The number of likely N-dealkylation sites (tertiary alicyclic amines) is 1. The van der Waals surface area contributed by atoms with Gasteiger partial charge in [0, 0.05) is 19.6 Å². The molecular formula is C21H25N3O4. The Hall–Kier alpha value is -3.09. The van der Waals surface area contributed by atoms with E-state index in [2.05, 4.69) is 10.3 Å². The molecule has 1 fully saturated rings. The van der Waals surface area contributed by atoms with E-state index in [1.807, 2.05) is 18.2 Å². The summed E-state index contributed by atoms with van der Waals surface area (Å²) in [7, 11) is 3.18. The Morgan fingerprint density at radius 2 is 1.75 bits per heavy atom. The third-order valence-corrected chi connectivity index (χ3v) is 4.74. The Labute approximate surface area is 164 Å². The van der Waals surface area contributed by atoms with E-state index in [4.69, 9.17) is 9.47 Å². The smallest absolute Gasteiger partial charge is 0.272 e. The van der Waals surface area contributed by atoms with Crippen molar-refractivity contribution in [1.29, 1.82) is 0 Å². The molecule has 7 heteroatoms. The Bertz CT molecular complexity index is 847. The van der Waals surface area contributed by atoms with Gasteiger partial charge in [0.2, 0.25) is 0 Å². The topological polar surface area (TPSA) is 80.8 Å². The SMILES string of the molecule is COc1ccc(CCNC(=O)c2cccc(C(=O)N3CCCC3)n2)cc1OC. The quantitative estimate of drug-likeness (QED) is 0.794. The number of hydrogen-bond donors (Lipinski definition) is 1. The summed E-state index contributed by atoms with van der Waals surface area (Å²) in [4.78, 5) is 30.9. The zero-order valence-electron chi connectivity index (χ0n) is 16.2. The highest BCUT2D eigenvalue weighted by molar-refractivity contribution is 5.96. The summed E-state index contributed by atoms with van der Waals surface area (Å²) in [5.41, 5.74) is 1.58. The first-order valence-electron chi connectivity index (χ1n) is 9.38. The van der Waals surface area contributed by atoms with Crippen LogP contribution in [0.25, 0.3) is 0 Å². The fourth-order valence-corrected chi connectivity index (χ4v) is 3.21. The molecule has 148 valence electrons. The number of nitrogens with one attached hydrogen (secondary N) is 1. The molecule has 1 aliphatic heterocycles. The molecule has 0 saturated carbocycles. The molecule has 1 N–H and O–H groups in total. The molecule has 7 nitrogen and oxygen atoms in total. The lowest BCUT2D eigenvalue weighted by molar-refractivity contribution is 0.0787. The summed E-state index contributed by atoms with van der Waals surface area (Å²) < 4.78 is 10.5. The first-order valence-corrected chi connectivity index (χ1v) is 9.38. The predicted octanol–water partition coefficient (Wildman–Crippen LogP) is 2.31. The van der Waals surface area contributed by atoms with E-state index in [9.17, 15) is 9.59 Å². The molecule has 28 heavy (non-hydrogen) atoms. The van der Waals surface area contributed by atoms with Gasteiger partial charge in [0.25, 0.3) is 11.8 Å². The van der Waals surface area contributed by atoms with Gasteiger partial charge in [-0.1, -0.05) is 12.1 Å². The van der Waals surface area contributed by atoms with Crippen LogP contribution in [-0.2, 0) is 6.42 Å². The zero-order chi connectivity index (χ0) is 19.9. The summed E-state index contributed by atoms with van der Waals surface area (Å²) in [6, 6.07) is 10.6. The Balaban J connectivity index is 1.58. The van der Waals surface area contributed by atoms with E-state index in [0.717, 1.165) is 31.5 Å². The number of hydrogen-bond acceptors (Lipinski definition) is 5. The molecule has 1 saturated heterocycles. The van der Waals surface area contributed by atoms with Crippen LogP contribution in [-0.4, -0.2) is 55.6 Å². The van der Waals surface area contributed by atoms with Crippen molar-refractivity contribution < 1.29 is 19.1 Å². The minimum absolute atomic E-state index is 0.113. The van der Waals surface area contributed by atoms with Gasteiger partial charge in [-0.25, -0.2) is 4.98 Å². The number of carbonyl (C=O) groups is 2. The maximum atomic E-state index is 12.4. The van der Waals surface area contributed by atoms with Crippen LogP contribution in [0.5, 0.6) is 11.5 Å². The standard InChI is InChI=1S/C21H25N3O4/c1-27-18-9-8-15(14-19(18)28-2)10-11-22-20(25)16-6-5-7-17(23-16)21(26)24-12-3-4-13-24/h5-9,14H,3-4,10-13H2,1-2H3,(H,22,25). The highest BCUT2D eigenvalue weighted by atomic mass is 16.5. The molecule has 0 radical (unpaired) electrons. The van der Waals surface area contributed by atoms with Gasteiger partial charge in [-0.2, -0.15) is 0 Å². The number of aromatic nitrogens is 1. The zero-order valence-corrected chi connectivity index (χ0v) is 16.2. The van der Waals surface area contributed by atoms with Crippen molar-refractivity contribution in [2.45, 2.75) is 19.3 Å². The van der Waals surface area contributed by atoms with Crippen LogP contribution in [0.3, 0.4) is 0 Å². The van der Waals surface area contributed by atoms with Crippen LogP contribution < -0.4 is 14.8 Å². The van der Waals surface area contributed by atoms with E-state index in [0.29, 0.717) is 30.2 Å². The van der Waals surface area contributed by atoms with Crippen molar-refractivity contribution in [3.05, 3.63) is 53.3 Å². The number of benzene rings is 1. The molecule has 2 amide bonds. The molecule has 0 bridgehead atoms. The van der Waals surface area contributed by atoms with Crippen molar-refractivity contribution in [3.8, 4) is 11.5 Å². The largest absolute Gasteiger partial charge is 0.493 e. The van der Waals surface area contributed by atoms with Gasteiger partial charge < -0.3 is 19.7 Å². The van der Waals surface area contributed by atoms with Crippen LogP contribution in [0.15, 0.2) is 36.4 Å². The lowest BCUT2D eigenvalue weighted by Crippen LogP contribution is -2.30. The molecule has 0 unspecified atom stereocenters. The van der Waals surface area contributed by atoms with E-state index in [1.54, 1.807) is 37.3 Å². The van der Waals surface area contributed by atoms with Crippen LogP contribution >= 0.6 is 0 Å². The number of ether oxygens (including phenoxy) is 2. The second-order valence-corrected chi connectivity index (χ2v) is 6.60. The van der Waals surface area contributed by atoms with Gasteiger partial charge in [-0.05, 0) is 49.1 Å². The second kappa shape index (κ2) is 9.21. The maximum Gasteiger partial charge on any atom is 0.272 e.